The van der Waals surface area contributed by atoms with Crippen molar-refractivity contribution in [2.24, 2.45) is 5.73 Å². The Morgan fingerprint density at radius 1 is 1.00 bits per heavy atom. The van der Waals surface area contributed by atoms with Crippen LogP contribution in [0.2, 0.25) is 0 Å². The number of nitrogens with zero attached hydrogens (tertiary/aromatic N) is 4. The maximum absolute atomic E-state index is 13.7. The molecule has 0 saturated carbocycles. The van der Waals surface area contributed by atoms with Gasteiger partial charge in [0.2, 0.25) is 5.88 Å². The highest BCUT2D eigenvalue weighted by atomic mass is 19.1. The molecule has 192 valence electrons. The monoisotopic (exact) mass is 513 g/mol. The Morgan fingerprint density at radius 2 is 1.79 bits per heavy atom. The van der Waals surface area contributed by atoms with Gasteiger partial charge in [-0.25, -0.2) is 14.4 Å². The molecule has 0 aliphatic carbocycles. The van der Waals surface area contributed by atoms with Crippen LogP contribution >= 0.6 is 0 Å². The number of carbonyl (C=O) groups excluding carboxylic acids is 2. The molecule has 0 atom stereocenters. The van der Waals surface area contributed by atoms with Gasteiger partial charge >= 0.3 is 0 Å². The molecule has 3 heterocycles. The molecule has 0 spiro atoms. The lowest BCUT2D eigenvalue weighted by Crippen LogP contribution is -2.13. The fraction of sp³-hybridized carbons (Fsp3) is 0.107. The highest BCUT2D eigenvalue weighted by Crippen LogP contribution is 2.28. The summed E-state index contributed by atoms with van der Waals surface area (Å²) in [6.45, 7) is 3.76. The molecule has 9 nitrogen and oxygen atoms in total. The molecule has 5 aromatic rings. The van der Waals surface area contributed by atoms with E-state index in [0.717, 1.165) is 11.3 Å². The number of primary amides is 1. The molecular weight excluding hydrogens is 489 g/mol. The van der Waals surface area contributed by atoms with Crippen molar-refractivity contribution < 1.29 is 23.5 Å². The number of aryl methyl sites for hydroxylation is 1. The molecule has 0 bridgehead atoms. The van der Waals surface area contributed by atoms with E-state index < -0.39 is 11.7 Å². The van der Waals surface area contributed by atoms with Crippen LogP contribution in [0.25, 0.3) is 16.9 Å². The summed E-state index contributed by atoms with van der Waals surface area (Å²) in [5, 5.41) is 4.15. The van der Waals surface area contributed by atoms with Gasteiger partial charge in [-0.05, 0) is 56.3 Å². The topological polar surface area (TPSA) is 122 Å². The van der Waals surface area contributed by atoms with Gasteiger partial charge in [0.05, 0.1) is 24.6 Å². The van der Waals surface area contributed by atoms with Gasteiger partial charge in [-0.2, -0.15) is 9.61 Å². The summed E-state index contributed by atoms with van der Waals surface area (Å²) in [6.07, 6.45) is 2.34. The first kappa shape index (κ1) is 26.0. The average molecular weight is 514 g/mol. The molecular formula is C28H24FN5O4. The van der Waals surface area contributed by atoms with Crippen LogP contribution in [0, 0.1) is 19.7 Å². The van der Waals surface area contributed by atoms with Crippen molar-refractivity contribution in [3.8, 4) is 28.6 Å². The standard InChI is InChI=1S/C14H12FN3O.C14H12N2O3/c1-9-10(2)17-13-7-8-16-18(13)14(9)19-12-6-4-3-5-11(12)15;1-19-13-6-5-9(7-10(13)8-17)11-3-2-4-12(16-11)14(15)18/h3-8H,1-2H3;2-8H,1H3,(H2,15,18). The number of ether oxygens (including phenoxy) is 2. The third-order valence-corrected chi connectivity index (χ3v) is 5.66. The number of para-hydroxylation sites is 1. The number of methoxy groups -OCH3 is 1. The molecule has 0 unspecified atom stereocenters. The first-order valence-electron chi connectivity index (χ1n) is 11.5. The number of carbonyl (C=O) groups is 2. The zero-order chi connectivity index (χ0) is 27.2. The third-order valence-electron chi connectivity index (χ3n) is 5.66. The zero-order valence-corrected chi connectivity index (χ0v) is 20.9. The fourth-order valence-electron chi connectivity index (χ4n) is 3.58. The summed E-state index contributed by atoms with van der Waals surface area (Å²) in [7, 11) is 1.49. The van der Waals surface area contributed by atoms with Crippen LogP contribution in [0.5, 0.6) is 17.4 Å². The van der Waals surface area contributed by atoms with Crippen LogP contribution < -0.4 is 15.2 Å². The smallest absolute Gasteiger partial charge is 0.267 e. The van der Waals surface area contributed by atoms with Gasteiger partial charge in [0.25, 0.3) is 5.91 Å². The van der Waals surface area contributed by atoms with Crippen LogP contribution in [0.1, 0.15) is 32.1 Å². The maximum atomic E-state index is 13.7. The summed E-state index contributed by atoms with van der Waals surface area (Å²) in [5.74, 6) is 0.151. The normalized spacial score (nSPS) is 10.4. The fourth-order valence-corrected chi connectivity index (χ4v) is 3.58. The van der Waals surface area contributed by atoms with E-state index in [4.69, 9.17) is 15.2 Å². The molecule has 1 amide bonds. The molecule has 0 aliphatic heterocycles. The van der Waals surface area contributed by atoms with E-state index in [1.807, 2.05) is 13.8 Å². The predicted octanol–water partition coefficient (Wildman–Crippen LogP) is 4.95. The van der Waals surface area contributed by atoms with Crippen molar-refractivity contribution in [2.45, 2.75) is 13.8 Å². The van der Waals surface area contributed by atoms with Crippen LogP contribution in [-0.4, -0.2) is 38.9 Å². The molecule has 10 heteroatoms. The van der Waals surface area contributed by atoms with Crippen LogP contribution in [0.3, 0.4) is 0 Å². The minimum Gasteiger partial charge on any atom is -0.496 e. The van der Waals surface area contributed by atoms with E-state index in [1.54, 1.807) is 65.3 Å². The van der Waals surface area contributed by atoms with Crippen molar-refractivity contribution >= 4 is 17.8 Å². The number of hydrogen-bond donors (Lipinski definition) is 1. The summed E-state index contributed by atoms with van der Waals surface area (Å²) in [4.78, 5) is 30.6. The summed E-state index contributed by atoms with van der Waals surface area (Å²) < 4.78 is 26.0. The summed E-state index contributed by atoms with van der Waals surface area (Å²) >= 11 is 0. The number of halogens is 1. The number of benzene rings is 2. The van der Waals surface area contributed by atoms with Crippen molar-refractivity contribution in [3.05, 3.63) is 101 Å². The van der Waals surface area contributed by atoms with E-state index in [9.17, 15) is 14.0 Å². The van der Waals surface area contributed by atoms with Gasteiger partial charge in [-0.15, -0.1) is 0 Å². The minimum atomic E-state index is -0.592. The molecule has 0 aliphatic rings. The van der Waals surface area contributed by atoms with Crippen LogP contribution in [-0.2, 0) is 0 Å². The molecule has 0 fully saturated rings. The van der Waals surface area contributed by atoms with Crippen LogP contribution in [0.4, 0.5) is 4.39 Å². The van der Waals surface area contributed by atoms with Crippen molar-refractivity contribution in [3.63, 3.8) is 0 Å². The van der Waals surface area contributed by atoms with Gasteiger partial charge in [0, 0.05) is 22.9 Å². The lowest BCUT2D eigenvalue weighted by atomic mass is 10.1. The maximum Gasteiger partial charge on any atom is 0.267 e. The summed E-state index contributed by atoms with van der Waals surface area (Å²) in [6, 6.07) is 18.1. The van der Waals surface area contributed by atoms with E-state index in [-0.39, 0.29) is 11.4 Å². The van der Waals surface area contributed by atoms with Gasteiger partial charge in [0.15, 0.2) is 23.5 Å². The lowest BCUT2D eigenvalue weighted by molar-refractivity contribution is 0.0995. The molecule has 3 aromatic heterocycles. The number of amides is 1. The second kappa shape index (κ2) is 11.3. The Kier molecular flexibility index (Phi) is 7.72. The Bertz CT molecular complexity index is 1630. The van der Waals surface area contributed by atoms with Crippen molar-refractivity contribution in [1.29, 1.82) is 0 Å². The van der Waals surface area contributed by atoms with E-state index in [1.165, 1.54) is 19.2 Å². The number of nitrogens with two attached hydrogens (primary N) is 1. The van der Waals surface area contributed by atoms with E-state index in [0.29, 0.717) is 40.4 Å². The van der Waals surface area contributed by atoms with Gasteiger partial charge in [-0.3, -0.25) is 9.59 Å². The number of fused-ring (bicyclic) bond motifs is 1. The van der Waals surface area contributed by atoms with Crippen molar-refractivity contribution in [1.82, 2.24) is 19.6 Å². The quantitative estimate of drug-likeness (QED) is 0.319. The molecule has 2 N–H and O–H groups in total. The predicted molar refractivity (Wildman–Crippen MR) is 139 cm³/mol. The highest BCUT2D eigenvalue weighted by Gasteiger charge is 2.14. The average Bonchev–Trinajstić information content (AvgIpc) is 3.40. The first-order chi connectivity index (χ1) is 18.3. The Hall–Kier alpha value is -5.12. The largest absolute Gasteiger partial charge is 0.496 e. The Morgan fingerprint density at radius 3 is 2.50 bits per heavy atom. The SMILES string of the molecule is COc1ccc(-c2cccc(C(N)=O)n2)cc1C=O.Cc1nc2ccnn2c(Oc2ccccc2F)c1C. The van der Waals surface area contributed by atoms with Gasteiger partial charge in [-0.1, -0.05) is 18.2 Å². The number of hydrogen-bond acceptors (Lipinski definition) is 7. The molecule has 0 saturated heterocycles. The Labute approximate surface area is 217 Å². The van der Waals surface area contributed by atoms with Crippen molar-refractivity contribution in [2.75, 3.05) is 7.11 Å². The second-order valence-corrected chi connectivity index (χ2v) is 8.11. The number of rotatable bonds is 6. The molecule has 5 rings (SSSR count). The van der Waals surface area contributed by atoms with Gasteiger partial charge < -0.3 is 15.2 Å². The zero-order valence-electron chi connectivity index (χ0n) is 20.9. The first-order valence-corrected chi connectivity index (χ1v) is 11.5. The number of pyridine rings is 1. The van der Waals surface area contributed by atoms with E-state index >= 15 is 0 Å². The Balaban J connectivity index is 0.000000177. The number of aldehydes is 1. The molecule has 0 radical (unpaired) electrons. The second-order valence-electron chi connectivity index (χ2n) is 8.11. The molecule has 2 aromatic carbocycles. The number of aromatic nitrogens is 4. The highest BCUT2D eigenvalue weighted by molar-refractivity contribution is 5.91. The van der Waals surface area contributed by atoms with Gasteiger partial charge in [0.1, 0.15) is 11.4 Å². The minimum absolute atomic E-state index is 0.174. The van der Waals surface area contributed by atoms with E-state index in [2.05, 4.69) is 15.1 Å². The lowest BCUT2D eigenvalue weighted by Gasteiger charge is -2.12. The summed E-state index contributed by atoms with van der Waals surface area (Å²) in [5.41, 5.74) is 9.41. The third kappa shape index (κ3) is 5.49. The molecule has 38 heavy (non-hydrogen) atoms. The van der Waals surface area contributed by atoms with Crippen LogP contribution in [0.15, 0.2) is 72.9 Å².